The smallest absolute Gasteiger partial charge is 0.157 e. The van der Waals surface area contributed by atoms with Crippen LogP contribution in [0.3, 0.4) is 0 Å². The summed E-state index contributed by atoms with van der Waals surface area (Å²) < 4.78 is 5.56. The molecule has 0 aromatic rings. The van der Waals surface area contributed by atoms with Crippen LogP contribution in [-0.4, -0.2) is 35.7 Å². The van der Waals surface area contributed by atoms with Crippen LogP contribution in [0.2, 0.25) is 0 Å². The maximum atomic E-state index is 5.56. The second kappa shape index (κ2) is 6.98. The maximum Gasteiger partial charge on any atom is 0.157 e. The first-order valence-electron chi connectivity index (χ1n) is 7.72. The second-order valence-corrected chi connectivity index (χ2v) is 7.12. The van der Waals surface area contributed by atoms with Crippen molar-refractivity contribution in [2.24, 2.45) is 10.9 Å². The summed E-state index contributed by atoms with van der Waals surface area (Å²) >= 11 is 1.91. The minimum absolute atomic E-state index is 0.286. The van der Waals surface area contributed by atoms with Crippen molar-refractivity contribution in [2.75, 3.05) is 19.0 Å². The van der Waals surface area contributed by atoms with Crippen molar-refractivity contribution in [1.82, 2.24) is 5.32 Å². The van der Waals surface area contributed by atoms with Gasteiger partial charge in [0.15, 0.2) is 5.17 Å². The van der Waals surface area contributed by atoms with Crippen LogP contribution in [0.5, 0.6) is 0 Å². The molecule has 1 N–H and O–H groups in total. The standard InChI is InChI=1S/C15H28N2OS/c1-4-18-10-13(12(2)3)16-14-17-15(11-19-14)8-6-5-7-9-15/h12-13H,4-11H2,1-3H3,(H,16,17). The Kier molecular flexibility index (Phi) is 5.58. The van der Waals surface area contributed by atoms with Gasteiger partial charge in [0, 0.05) is 17.9 Å². The highest BCUT2D eigenvalue weighted by Crippen LogP contribution is 2.36. The van der Waals surface area contributed by atoms with Crippen molar-refractivity contribution >= 4 is 16.9 Å². The molecule has 0 amide bonds. The van der Waals surface area contributed by atoms with Gasteiger partial charge in [-0.1, -0.05) is 44.9 Å². The maximum absolute atomic E-state index is 5.56. The molecular formula is C15H28N2OS. The highest BCUT2D eigenvalue weighted by molar-refractivity contribution is 8.14. The van der Waals surface area contributed by atoms with Crippen LogP contribution in [-0.2, 0) is 4.74 Å². The average molecular weight is 284 g/mol. The molecule has 0 aromatic heterocycles. The molecule has 0 bridgehead atoms. The Balaban J connectivity index is 1.95. The number of hydrogen-bond donors (Lipinski definition) is 1. The van der Waals surface area contributed by atoms with E-state index in [1.807, 2.05) is 18.7 Å². The predicted molar refractivity (Wildman–Crippen MR) is 84.0 cm³/mol. The number of nitrogens with zero attached hydrogens (tertiary/aromatic N) is 1. The number of amidine groups is 1. The number of rotatable bonds is 5. The van der Waals surface area contributed by atoms with Crippen LogP contribution in [0.15, 0.2) is 4.99 Å². The Morgan fingerprint density at radius 2 is 2.05 bits per heavy atom. The van der Waals surface area contributed by atoms with Gasteiger partial charge in [0.25, 0.3) is 0 Å². The second-order valence-electron chi connectivity index (χ2n) is 6.16. The van der Waals surface area contributed by atoms with E-state index < -0.39 is 0 Å². The summed E-state index contributed by atoms with van der Waals surface area (Å²) in [5.41, 5.74) is 0.356. The SMILES string of the molecule is CCOCC(N=C1NC2(CCCCC2)CS1)C(C)C. The summed E-state index contributed by atoms with van der Waals surface area (Å²) in [5, 5.41) is 4.88. The lowest BCUT2D eigenvalue weighted by Crippen LogP contribution is -2.45. The third-order valence-corrected chi connectivity index (χ3v) is 5.39. The van der Waals surface area contributed by atoms with Crippen LogP contribution in [0.4, 0.5) is 0 Å². The lowest BCUT2D eigenvalue weighted by atomic mass is 9.83. The molecular weight excluding hydrogens is 256 g/mol. The van der Waals surface area contributed by atoms with Gasteiger partial charge in [-0.15, -0.1) is 0 Å². The van der Waals surface area contributed by atoms with Crippen molar-refractivity contribution in [3.05, 3.63) is 0 Å². The van der Waals surface area contributed by atoms with Crippen molar-refractivity contribution in [3.63, 3.8) is 0 Å². The summed E-state index contributed by atoms with van der Waals surface area (Å²) in [6.45, 7) is 8.02. The van der Waals surface area contributed by atoms with E-state index in [0.29, 0.717) is 11.5 Å². The lowest BCUT2D eigenvalue weighted by molar-refractivity contribution is 0.122. The Labute approximate surface area is 122 Å². The third-order valence-electron chi connectivity index (χ3n) is 4.21. The zero-order chi connectivity index (χ0) is 13.7. The highest BCUT2D eigenvalue weighted by atomic mass is 32.2. The quantitative estimate of drug-likeness (QED) is 0.839. The topological polar surface area (TPSA) is 33.6 Å². The molecule has 2 fully saturated rings. The van der Waals surface area contributed by atoms with Gasteiger partial charge in [-0.2, -0.15) is 0 Å². The molecule has 110 valence electrons. The van der Waals surface area contributed by atoms with E-state index in [9.17, 15) is 0 Å². The van der Waals surface area contributed by atoms with Crippen LogP contribution in [0.1, 0.15) is 52.9 Å². The highest BCUT2D eigenvalue weighted by Gasteiger charge is 2.38. The Morgan fingerprint density at radius 3 is 2.68 bits per heavy atom. The summed E-state index contributed by atoms with van der Waals surface area (Å²) in [6.07, 6.45) is 6.77. The summed E-state index contributed by atoms with van der Waals surface area (Å²) in [7, 11) is 0. The van der Waals surface area contributed by atoms with Crippen LogP contribution in [0, 0.1) is 5.92 Å². The van der Waals surface area contributed by atoms with Gasteiger partial charge in [0.1, 0.15) is 0 Å². The number of nitrogens with one attached hydrogen (secondary N) is 1. The third kappa shape index (κ3) is 4.12. The van der Waals surface area contributed by atoms with E-state index in [4.69, 9.17) is 9.73 Å². The van der Waals surface area contributed by atoms with E-state index in [1.54, 1.807) is 0 Å². The molecule has 19 heavy (non-hydrogen) atoms. The van der Waals surface area contributed by atoms with Gasteiger partial charge in [-0.3, -0.25) is 4.99 Å². The molecule has 1 saturated heterocycles. The van der Waals surface area contributed by atoms with Crippen molar-refractivity contribution in [3.8, 4) is 0 Å². The van der Waals surface area contributed by atoms with E-state index in [0.717, 1.165) is 18.4 Å². The molecule has 1 spiro atoms. The molecule has 1 saturated carbocycles. The normalized spacial score (nSPS) is 26.0. The molecule has 1 aliphatic heterocycles. The fraction of sp³-hybridized carbons (Fsp3) is 0.933. The first-order chi connectivity index (χ1) is 9.15. The molecule has 1 atom stereocenters. The molecule has 0 aromatic carbocycles. The van der Waals surface area contributed by atoms with Gasteiger partial charge in [0.2, 0.25) is 0 Å². The van der Waals surface area contributed by atoms with Crippen molar-refractivity contribution < 1.29 is 4.74 Å². The Morgan fingerprint density at radius 1 is 1.32 bits per heavy atom. The molecule has 2 aliphatic rings. The molecule has 1 heterocycles. The predicted octanol–water partition coefficient (Wildman–Crippen LogP) is 3.44. The first kappa shape index (κ1) is 15.2. The van der Waals surface area contributed by atoms with Crippen LogP contribution < -0.4 is 5.32 Å². The lowest BCUT2D eigenvalue weighted by Gasteiger charge is -2.32. The molecule has 2 rings (SSSR count). The first-order valence-corrected chi connectivity index (χ1v) is 8.70. The largest absolute Gasteiger partial charge is 0.380 e. The fourth-order valence-corrected chi connectivity index (χ4v) is 4.11. The van der Waals surface area contributed by atoms with E-state index in [1.165, 1.54) is 37.9 Å². The fourth-order valence-electron chi connectivity index (χ4n) is 2.84. The molecule has 3 nitrogen and oxygen atoms in total. The Hall–Kier alpha value is -0.220. The van der Waals surface area contributed by atoms with Gasteiger partial charge in [0.05, 0.1) is 12.6 Å². The molecule has 4 heteroatoms. The number of thioether (sulfide) groups is 1. The van der Waals surface area contributed by atoms with Crippen molar-refractivity contribution in [1.29, 1.82) is 0 Å². The number of hydrogen-bond acceptors (Lipinski definition) is 3. The molecule has 1 unspecified atom stereocenters. The van der Waals surface area contributed by atoms with Gasteiger partial charge in [-0.05, 0) is 25.7 Å². The van der Waals surface area contributed by atoms with E-state index in [2.05, 4.69) is 19.2 Å². The minimum Gasteiger partial charge on any atom is -0.380 e. The zero-order valence-corrected chi connectivity index (χ0v) is 13.4. The van der Waals surface area contributed by atoms with Gasteiger partial charge < -0.3 is 10.1 Å². The number of ether oxygens (including phenoxy) is 1. The zero-order valence-electron chi connectivity index (χ0n) is 12.6. The molecule has 0 radical (unpaired) electrons. The monoisotopic (exact) mass is 284 g/mol. The van der Waals surface area contributed by atoms with Crippen molar-refractivity contribution in [2.45, 2.75) is 64.5 Å². The average Bonchev–Trinajstić information content (AvgIpc) is 2.78. The van der Waals surface area contributed by atoms with E-state index >= 15 is 0 Å². The van der Waals surface area contributed by atoms with Gasteiger partial charge >= 0.3 is 0 Å². The number of aliphatic imine (C=N–C) groups is 1. The van der Waals surface area contributed by atoms with Gasteiger partial charge in [-0.25, -0.2) is 0 Å². The van der Waals surface area contributed by atoms with E-state index in [-0.39, 0.29) is 6.04 Å². The summed E-state index contributed by atoms with van der Waals surface area (Å²) in [4.78, 5) is 4.91. The van der Waals surface area contributed by atoms with Crippen LogP contribution in [0.25, 0.3) is 0 Å². The molecule has 1 aliphatic carbocycles. The minimum atomic E-state index is 0.286. The van der Waals surface area contributed by atoms with Crippen LogP contribution >= 0.6 is 11.8 Å². The Bertz CT molecular complexity index is 311. The summed E-state index contributed by atoms with van der Waals surface area (Å²) in [6, 6.07) is 0.286. The summed E-state index contributed by atoms with van der Waals surface area (Å²) in [5.74, 6) is 1.73.